The second-order valence-electron chi connectivity index (χ2n) is 7.82. The predicted octanol–water partition coefficient (Wildman–Crippen LogP) is 3.31. The summed E-state index contributed by atoms with van der Waals surface area (Å²) in [5, 5.41) is 9.36. The highest BCUT2D eigenvalue weighted by atomic mass is 32.2. The van der Waals surface area contributed by atoms with E-state index in [1.54, 1.807) is 13.8 Å². The zero-order valence-corrected chi connectivity index (χ0v) is 16.8. The summed E-state index contributed by atoms with van der Waals surface area (Å²) < 4.78 is 17.8. The Hall–Kier alpha value is -0.910. The molecule has 1 fully saturated rings. The van der Waals surface area contributed by atoms with Gasteiger partial charge in [0, 0.05) is 23.9 Å². The third-order valence-electron chi connectivity index (χ3n) is 5.06. The second-order valence-corrected chi connectivity index (χ2v) is 9.93. The van der Waals surface area contributed by atoms with E-state index in [9.17, 15) is 9.32 Å². The highest BCUT2D eigenvalue weighted by molar-refractivity contribution is 7.86. The maximum atomic E-state index is 12.4. The van der Waals surface area contributed by atoms with Crippen LogP contribution in [0.4, 0.5) is 0 Å². The first kappa shape index (κ1) is 20.4. The first-order valence-electron chi connectivity index (χ1n) is 9.35. The zero-order valence-electron chi connectivity index (χ0n) is 16.0. The maximum Gasteiger partial charge on any atom is 0.119 e. The van der Waals surface area contributed by atoms with Crippen LogP contribution in [0.15, 0.2) is 29.2 Å². The van der Waals surface area contributed by atoms with Crippen LogP contribution in [-0.4, -0.2) is 51.8 Å². The first-order valence-corrected chi connectivity index (χ1v) is 10.5. The van der Waals surface area contributed by atoms with Crippen molar-refractivity contribution in [3.63, 3.8) is 0 Å². The van der Waals surface area contributed by atoms with Crippen molar-refractivity contribution in [1.29, 1.82) is 0 Å². The number of rotatable bonds is 9. The monoisotopic (exact) mass is 367 g/mol. The summed E-state index contributed by atoms with van der Waals surface area (Å²) in [6.45, 7) is 12.3. The SMILES string of the molecule is CCCCN1CC(C)C(COc2ccc(S(=O)C(C)(C)CO)cc2)C1. The molecular weight excluding hydrogens is 334 g/mol. The lowest BCUT2D eigenvalue weighted by molar-refractivity contribution is 0.225. The van der Waals surface area contributed by atoms with Crippen molar-refractivity contribution < 1.29 is 14.1 Å². The Morgan fingerprint density at radius 1 is 1.28 bits per heavy atom. The molecule has 2 rings (SSSR count). The fraction of sp³-hybridized carbons (Fsp3) is 0.700. The zero-order chi connectivity index (χ0) is 18.4. The van der Waals surface area contributed by atoms with E-state index in [-0.39, 0.29) is 6.61 Å². The molecule has 1 aromatic carbocycles. The average Bonchev–Trinajstić information content (AvgIpc) is 2.97. The van der Waals surface area contributed by atoms with Gasteiger partial charge in [0.1, 0.15) is 5.75 Å². The fourth-order valence-electron chi connectivity index (χ4n) is 3.16. The molecule has 3 atom stereocenters. The molecule has 1 saturated heterocycles. The van der Waals surface area contributed by atoms with E-state index in [2.05, 4.69) is 18.7 Å². The van der Waals surface area contributed by atoms with Crippen molar-refractivity contribution in [3.05, 3.63) is 24.3 Å². The lowest BCUT2D eigenvalue weighted by Crippen LogP contribution is -2.30. The Labute approximate surface area is 155 Å². The molecule has 1 aliphatic heterocycles. The number of benzene rings is 1. The van der Waals surface area contributed by atoms with E-state index >= 15 is 0 Å². The summed E-state index contributed by atoms with van der Waals surface area (Å²) in [7, 11) is -1.23. The van der Waals surface area contributed by atoms with E-state index in [0.717, 1.165) is 23.8 Å². The van der Waals surface area contributed by atoms with Gasteiger partial charge in [-0.2, -0.15) is 0 Å². The van der Waals surface area contributed by atoms with Crippen LogP contribution in [-0.2, 0) is 10.8 Å². The smallest absolute Gasteiger partial charge is 0.119 e. The van der Waals surface area contributed by atoms with Gasteiger partial charge in [-0.3, -0.25) is 4.21 Å². The number of hydrogen-bond acceptors (Lipinski definition) is 4. The minimum atomic E-state index is -1.23. The summed E-state index contributed by atoms with van der Waals surface area (Å²) in [6.07, 6.45) is 2.51. The fourth-order valence-corrected chi connectivity index (χ4v) is 4.30. The van der Waals surface area contributed by atoms with Gasteiger partial charge in [0.05, 0.1) is 28.8 Å². The molecule has 5 heteroatoms. The molecule has 25 heavy (non-hydrogen) atoms. The van der Waals surface area contributed by atoms with Crippen LogP contribution in [0.1, 0.15) is 40.5 Å². The number of likely N-dealkylation sites (tertiary alicyclic amines) is 1. The second kappa shape index (κ2) is 9.15. The van der Waals surface area contributed by atoms with E-state index in [1.165, 1.54) is 25.9 Å². The Morgan fingerprint density at radius 2 is 1.96 bits per heavy atom. The molecule has 0 amide bonds. The van der Waals surface area contributed by atoms with Crippen LogP contribution in [0.5, 0.6) is 5.75 Å². The molecule has 0 aliphatic carbocycles. The molecule has 1 N–H and O–H groups in total. The molecule has 0 aromatic heterocycles. The third-order valence-corrected chi connectivity index (χ3v) is 6.89. The van der Waals surface area contributed by atoms with Gasteiger partial charge in [0.15, 0.2) is 0 Å². The number of nitrogens with zero attached hydrogens (tertiary/aromatic N) is 1. The minimum Gasteiger partial charge on any atom is -0.493 e. The molecule has 0 bridgehead atoms. The third kappa shape index (κ3) is 5.53. The van der Waals surface area contributed by atoms with Crippen molar-refractivity contribution in [1.82, 2.24) is 4.90 Å². The number of unbranched alkanes of at least 4 members (excludes halogenated alkanes) is 1. The molecule has 0 spiro atoms. The van der Waals surface area contributed by atoms with E-state index in [0.29, 0.717) is 11.8 Å². The minimum absolute atomic E-state index is 0.105. The van der Waals surface area contributed by atoms with Crippen molar-refractivity contribution in [2.45, 2.75) is 50.2 Å². The van der Waals surface area contributed by atoms with Crippen LogP contribution in [0.2, 0.25) is 0 Å². The van der Waals surface area contributed by atoms with Gasteiger partial charge in [-0.25, -0.2) is 0 Å². The highest BCUT2D eigenvalue weighted by Gasteiger charge is 2.30. The summed E-state index contributed by atoms with van der Waals surface area (Å²) in [5.74, 6) is 2.05. The van der Waals surface area contributed by atoms with Crippen molar-refractivity contribution in [2.24, 2.45) is 11.8 Å². The average molecular weight is 368 g/mol. The van der Waals surface area contributed by atoms with Gasteiger partial charge in [0.2, 0.25) is 0 Å². The molecule has 4 nitrogen and oxygen atoms in total. The number of ether oxygens (including phenoxy) is 1. The lowest BCUT2D eigenvalue weighted by atomic mass is 9.99. The predicted molar refractivity (Wildman–Crippen MR) is 104 cm³/mol. The van der Waals surface area contributed by atoms with Crippen molar-refractivity contribution >= 4 is 10.8 Å². The summed E-state index contributed by atoms with van der Waals surface area (Å²) >= 11 is 0. The maximum absolute atomic E-state index is 12.4. The topological polar surface area (TPSA) is 49.8 Å². The quantitative estimate of drug-likeness (QED) is 0.727. The Kier molecular flexibility index (Phi) is 7.47. The number of aliphatic hydroxyl groups excluding tert-OH is 1. The van der Waals surface area contributed by atoms with Crippen LogP contribution >= 0.6 is 0 Å². The first-order chi connectivity index (χ1) is 11.9. The van der Waals surface area contributed by atoms with Gasteiger partial charge in [-0.1, -0.05) is 20.3 Å². The highest BCUT2D eigenvalue weighted by Crippen LogP contribution is 2.26. The molecular formula is C20H33NO3S. The molecule has 142 valence electrons. The summed E-state index contributed by atoms with van der Waals surface area (Å²) in [5.41, 5.74) is 0. The van der Waals surface area contributed by atoms with Crippen LogP contribution in [0, 0.1) is 11.8 Å². The van der Waals surface area contributed by atoms with Crippen molar-refractivity contribution in [3.8, 4) is 5.75 Å². The molecule has 1 heterocycles. The van der Waals surface area contributed by atoms with Gasteiger partial charge >= 0.3 is 0 Å². The Bertz CT molecular complexity index is 559. The van der Waals surface area contributed by atoms with Gasteiger partial charge in [-0.05, 0) is 57.0 Å². The van der Waals surface area contributed by atoms with Crippen LogP contribution in [0.25, 0.3) is 0 Å². The molecule has 0 radical (unpaired) electrons. The molecule has 3 unspecified atom stereocenters. The van der Waals surface area contributed by atoms with E-state index in [1.807, 2.05) is 24.3 Å². The standard InChI is InChI=1S/C20H33NO3S/c1-5-6-11-21-12-16(2)17(13-21)14-24-18-7-9-19(10-8-18)25(23)20(3,4)15-22/h7-10,16-17,22H,5-6,11-15H2,1-4H3. The van der Waals surface area contributed by atoms with Gasteiger partial charge < -0.3 is 14.7 Å². The van der Waals surface area contributed by atoms with E-state index < -0.39 is 15.5 Å². The van der Waals surface area contributed by atoms with Crippen LogP contribution < -0.4 is 4.74 Å². The molecule has 0 saturated carbocycles. The summed E-state index contributed by atoms with van der Waals surface area (Å²) in [4.78, 5) is 3.28. The van der Waals surface area contributed by atoms with E-state index in [4.69, 9.17) is 4.74 Å². The normalized spacial score (nSPS) is 22.9. The Balaban J connectivity index is 1.87. The Morgan fingerprint density at radius 3 is 2.56 bits per heavy atom. The number of aliphatic hydroxyl groups is 1. The lowest BCUT2D eigenvalue weighted by Gasteiger charge is -2.21. The summed E-state index contributed by atoms with van der Waals surface area (Å²) in [6, 6.07) is 7.45. The van der Waals surface area contributed by atoms with Gasteiger partial charge in [0.25, 0.3) is 0 Å². The van der Waals surface area contributed by atoms with Crippen LogP contribution in [0.3, 0.4) is 0 Å². The van der Waals surface area contributed by atoms with Gasteiger partial charge in [-0.15, -0.1) is 0 Å². The largest absolute Gasteiger partial charge is 0.493 e. The molecule has 1 aliphatic rings. The van der Waals surface area contributed by atoms with Crippen molar-refractivity contribution in [2.75, 3.05) is 32.8 Å². The number of hydrogen-bond donors (Lipinski definition) is 1. The molecule has 1 aromatic rings.